The predicted octanol–water partition coefficient (Wildman–Crippen LogP) is 2.53. The molecule has 1 aliphatic heterocycles. The molecule has 15 heavy (non-hydrogen) atoms. The zero-order chi connectivity index (χ0) is 10.7. The van der Waals surface area contributed by atoms with Gasteiger partial charge in [0.15, 0.2) is 0 Å². The van der Waals surface area contributed by atoms with Gasteiger partial charge < -0.3 is 4.90 Å². The molecule has 0 aromatic rings. The molecule has 1 amide bonds. The largest absolute Gasteiger partial charge is 0.340 e. The maximum absolute atomic E-state index is 12.9. The van der Waals surface area contributed by atoms with Crippen LogP contribution in [0.4, 0.5) is 4.39 Å². The van der Waals surface area contributed by atoms with Crippen LogP contribution < -0.4 is 0 Å². The molecule has 2 fully saturated rings. The van der Waals surface area contributed by atoms with Crippen LogP contribution >= 0.6 is 0 Å². The molecule has 0 aromatic heterocycles. The lowest BCUT2D eigenvalue weighted by Gasteiger charge is -2.23. The fraction of sp³-hybridized carbons (Fsp3) is 0.917. The fourth-order valence-corrected chi connectivity index (χ4v) is 2.71. The van der Waals surface area contributed by atoms with E-state index in [9.17, 15) is 9.18 Å². The molecule has 0 bridgehead atoms. The number of amides is 1. The summed E-state index contributed by atoms with van der Waals surface area (Å²) in [5, 5.41) is 0. The number of carbonyl (C=O) groups excluding carboxylic acids is 1. The van der Waals surface area contributed by atoms with Crippen LogP contribution in [0.25, 0.3) is 0 Å². The average Bonchev–Trinajstić information content (AvgIpc) is 2.66. The summed E-state index contributed by atoms with van der Waals surface area (Å²) in [5.41, 5.74) is 0. The van der Waals surface area contributed by atoms with Crippen molar-refractivity contribution in [1.82, 2.24) is 4.90 Å². The summed E-state index contributed by atoms with van der Waals surface area (Å²) in [5.74, 6) is 0.756. The van der Waals surface area contributed by atoms with Crippen LogP contribution in [0.3, 0.4) is 0 Å². The molecule has 2 rings (SSSR count). The van der Waals surface area contributed by atoms with Crippen LogP contribution in [0, 0.1) is 5.92 Å². The van der Waals surface area contributed by atoms with Crippen molar-refractivity contribution in [2.45, 2.75) is 51.1 Å². The van der Waals surface area contributed by atoms with Gasteiger partial charge in [-0.3, -0.25) is 4.79 Å². The third-order valence-corrected chi connectivity index (χ3v) is 3.67. The van der Waals surface area contributed by atoms with Gasteiger partial charge in [0, 0.05) is 13.0 Å². The van der Waals surface area contributed by atoms with E-state index in [0.717, 1.165) is 0 Å². The summed E-state index contributed by atoms with van der Waals surface area (Å²) in [6.45, 7) is 0.971. The third-order valence-electron chi connectivity index (χ3n) is 3.67. The SMILES string of the molecule is O=C(CC1CCCCC1)N1CCC(F)C1. The molecule has 3 heteroatoms. The first kappa shape index (κ1) is 10.9. The smallest absolute Gasteiger partial charge is 0.222 e. The molecule has 2 nitrogen and oxygen atoms in total. The van der Waals surface area contributed by atoms with E-state index in [2.05, 4.69) is 0 Å². The topological polar surface area (TPSA) is 20.3 Å². The lowest BCUT2D eigenvalue weighted by atomic mass is 9.87. The second-order valence-corrected chi connectivity index (χ2v) is 4.93. The molecule has 1 heterocycles. The molecule has 0 radical (unpaired) electrons. The normalized spacial score (nSPS) is 28.3. The van der Waals surface area contributed by atoms with E-state index in [0.29, 0.717) is 31.8 Å². The molecule has 86 valence electrons. The summed E-state index contributed by atoms with van der Waals surface area (Å²) in [6.07, 6.45) is 6.66. The van der Waals surface area contributed by atoms with Crippen LogP contribution in [0.2, 0.25) is 0 Å². The Hall–Kier alpha value is -0.600. The zero-order valence-electron chi connectivity index (χ0n) is 9.25. The summed E-state index contributed by atoms with van der Waals surface area (Å²) < 4.78 is 12.9. The highest BCUT2D eigenvalue weighted by Gasteiger charge is 2.27. The quantitative estimate of drug-likeness (QED) is 0.690. The minimum Gasteiger partial charge on any atom is -0.340 e. The molecular weight excluding hydrogens is 193 g/mol. The third kappa shape index (κ3) is 2.93. The van der Waals surface area contributed by atoms with Gasteiger partial charge in [-0.1, -0.05) is 19.3 Å². The lowest BCUT2D eigenvalue weighted by molar-refractivity contribution is -0.131. The summed E-state index contributed by atoms with van der Waals surface area (Å²) >= 11 is 0. The Bertz CT molecular complexity index is 226. The minimum atomic E-state index is -0.777. The molecule has 1 atom stereocenters. The molecule has 1 unspecified atom stereocenters. The van der Waals surface area contributed by atoms with Gasteiger partial charge in [0.2, 0.25) is 5.91 Å². The van der Waals surface area contributed by atoms with Gasteiger partial charge in [-0.2, -0.15) is 0 Å². The van der Waals surface area contributed by atoms with Crippen molar-refractivity contribution < 1.29 is 9.18 Å². The second-order valence-electron chi connectivity index (χ2n) is 4.93. The molecule has 2 aliphatic rings. The van der Waals surface area contributed by atoms with Gasteiger partial charge in [0.05, 0.1) is 6.54 Å². The van der Waals surface area contributed by atoms with Crippen LogP contribution in [-0.4, -0.2) is 30.1 Å². The maximum atomic E-state index is 12.9. The number of hydrogen-bond acceptors (Lipinski definition) is 1. The van der Waals surface area contributed by atoms with Crippen molar-refractivity contribution in [3.05, 3.63) is 0 Å². The summed E-state index contributed by atoms with van der Waals surface area (Å²) in [6, 6.07) is 0. The van der Waals surface area contributed by atoms with Crippen LogP contribution in [-0.2, 0) is 4.79 Å². The van der Waals surface area contributed by atoms with Crippen molar-refractivity contribution >= 4 is 5.91 Å². The van der Waals surface area contributed by atoms with Gasteiger partial charge >= 0.3 is 0 Å². The monoisotopic (exact) mass is 213 g/mol. The number of hydrogen-bond donors (Lipinski definition) is 0. The van der Waals surface area contributed by atoms with E-state index < -0.39 is 6.17 Å². The van der Waals surface area contributed by atoms with E-state index in [-0.39, 0.29) is 5.91 Å². The molecule has 1 saturated carbocycles. The van der Waals surface area contributed by atoms with Crippen LogP contribution in [0.1, 0.15) is 44.9 Å². The zero-order valence-corrected chi connectivity index (χ0v) is 9.25. The first-order valence-corrected chi connectivity index (χ1v) is 6.17. The Kier molecular flexibility index (Phi) is 3.60. The molecule has 1 saturated heterocycles. The first-order chi connectivity index (χ1) is 7.25. The van der Waals surface area contributed by atoms with Gasteiger partial charge in [-0.15, -0.1) is 0 Å². The van der Waals surface area contributed by atoms with E-state index >= 15 is 0 Å². The lowest BCUT2D eigenvalue weighted by Crippen LogP contribution is -2.30. The Labute approximate surface area is 90.8 Å². The summed E-state index contributed by atoms with van der Waals surface area (Å²) in [7, 11) is 0. The molecular formula is C12H20FNO. The molecule has 0 N–H and O–H groups in total. The Balaban J connectivity index is 1.76. The predicted molar refractivity (Wildman–Crippen MR) is 57.3 cm³/mol. The van der Waals surface area contributed by atoms with E-state index in [1.807, 2.05) is 0 Å². The molecule has 0 spiro atoms. The van der Waals surface area contributed by atoms with Gasteiger partial charge in [-0.05, 0) is 25.2 Å². The van der Waals surface area contributed by atoms with E-state index in [4.69, 9.17) is 0 Å². The summed E-state index contributed by atoms with van der Waals surface area (Å²) in [4.78, 5) is 13.5. The second kappa shape index (κ2) is 4.95. The highest BCUT2D eigenvalue weighted by atomic mass is 19.1. The number of rotatable bonds is 2. The number of halogens is 1. The van der Waals surface area contributed by atoms with Crippen molar-refractivity contribution in [2.24, 2.45) is 5.92 Å². The maximum Gasteiger partial charge on any atom is 0.222 e. The number of nitrogens with zero attached hydrogens (tertiary/aromatic N) is 1. The average molecular weight is 213 g/mol. The van der Waals surface area contributed by atoms with Gasteiger partial charge in [0.1, 0.15) is 6.17 Å². The molecule has 0 aromatic carbocycles. The van der Waals surface area contributed by atoms with Crippen molar-refractivity contribution in [1.29, 1.82) is 0 Å². The first-order valence-electron chi connectivity index (χ1n) is 6.17. The van der Waals surface area contributed by atoms with E-state index in [1.54, 1.807) is 4.90 Å². The minimum absolute atomic E-state index is 0.182. The fourth-order valence-electron chi connectivity index (χ4n) is 2.71. The van der Waals surface area contributed by atoms with Crippen molar-refractivity contribution in [2.75, 3.05) is 13.1 Å². The van der Waals surface area contributed by atoms with Gasteiger partial charge in [0.25, 0.3) is 0 Å². The number of alkyl halides is 1. The van der Waals surface area contributed by atoms with E-state index in [1.165, 1.54) is 32.1 Å². The van der Waals surface area contributed by atoms with Crippen molar-refractivity contribution in [3.8, 4) is 0 Å². The Morgan fingerprint density at radius 2 is 1.93 bits per heavy atom. The highest BCUT2D eigenvalue weighted by Crippen LogP contribution is 2.27. The van der Waals surface area contributed by atoms with Crippen LogP contribution in [0.15, 0.2) is 0 Å². The Morgan fingerprint density at radius 3 is 2.53 bits per heavy atom. The Morgan fingerprint density at radius 1 is 1.20 bits per heavy atom. The number of carbonyl (C=O) groups is 1. The highest BCUT2D eigenvalue weighted by molar-refractivity contribution is 5.76. The standard InChI is InChI=1S/C12H20FNO/c13-11-6-7-14(9-11)12(15)8-10-4-2-1-3-5-10/h10-11H,1-9H2. The van der Waals surface area contributed by atoms with Gasteiger partial charge in [-0.25, -0.2) is 4.39 Å². The molecule has 1 aliphatic carbocycles. The number of likely N-dealkylation sites (tertiary alicyclic amines) is 1. The van der Waals surface area contributed by atoms with Crippen molar-refractivity contribution in [3.63, 3.8) is 0 Å². The van der Waals surface area contributed by atoms with Crippen LogP contribution in [0.5, 0.6) is 0 Å².